The minimum atomic E-state index is -1.05. The first-order valence-electron chi connectivity index (χ1n) is 19.7. The van der Waals surface area contributed by atoms with Crippen LogP contribution in [0.4, 0.5) is 14.4 Å². The Kier molecular flexibility index (Phi) is 22.6. The predicted octanol–water partition coefficient (Wildman–Crippen LogP) is 5.81. The van der Waals surface area contributed by atoms with Crippen LogP contribution in [0.1, 0.15) is 80.9 Å². The van der Waals surface area contributed by atoms with Gasteiger partial charge in [0.1, 0.15) is 31.9 Å². The fraction of sp³-hybridized carbons (Fsp3) is 0.442. The highest BCUT2D eigenvalue weighted by molar-refractivity contribution is 5.91. The molecule has 0 aliphatic heterocycles. The van der Waals surface area contributed by atoms with Gasteiger partial charge in [-0.25, -0.2) is 14.4 Å². The van der Waals surface area contributed by atoms with Gasteiger partial charge in [-0.2, -0.15) is 0 Å². The number of rotatable bonds is 26. The van der Waals surface area contributed by atoms with Crippen molar-refractivity contribution in [3.8, 4) is 0 Å². The molecule has 0 radical (unpaired) electrons. The van der Waals surface area contributed by atoms with Crippen LogP contribution in [0.5, 0.6) is 0 Å². The highest BCUT2D eigenvalue weighted by Gasteiger charge is 2.27. The smallest absolute Gasteiger partial charge is 0.408 e. The van der Waals surface area contributed by atoms with E-state index in [0.29, 0.717) is 58.0 Å². The average molecular weight is 804 g/mol. The summed E-state index contributed by atoms with van der Waals surface area (Å²) in [7, 11) is 1.34. The van der Waals surface area contributed by atoms with Crippen molar-refractivity contribution in [1.29, 1.82) is 0 Å². The van der Waals surface area contributed by atoms with E-state index < -0.39 is 42.2 Å². The van der Waals surface area contributed by atoms with E-state index in [-0.39, 0.29) is 51.6 Å². The molecule has 5 N–H and O–H groups in total. The van der Waals surface area contributed by atoms with Gasteiger partial charge < -0.3 is 45.5 Å². The van der Waals surface area contributed by atoms with Crippen molar-refractivity contribution in [3.63, 3.8) is 0 Å². The molecule has 0 saturated carbocycles. The molecule has 3 aromatic carbocycles. The van der Waals surface area contributed by atoms with Crippen molar-refractivity contribution < 1.29 is 47.7 Å². The van der Waals surface area contributed by atoms with Crippen LogP contribution in [-0.4, -0.2) is 74.9 Å². The van der Waals surface area contributed by atoms with Crippen LogP contribution in [0.25, 0.3) is 0 Å². The Morgan fingerprint density at radius 1 is 0.466 bits per heavy atom. The van der Waals surface area contributed by atoms with Gasteiger partial charge in [-0.05, 0) is 68.1 Å². The zero-order valence-electron chi connectivity index (χ0n) is 33.2. The predicted molar refractivity (Wildman–Crippen MR) is 216 cm³/mol. The van der Waals surface area contributed by atoms with Crippen LogP contribution in [0.2, 0.25) is 0 Å². The van der Waals surface area contributed by atoms with Gasteiger partial charge in [-0.1, -0.05) is 97.4 Å². The molecular formula is C43H57N5O10. The molecule has 5 amide bonds. The first-order chi connectivity index (χ1) is 28.2. The van der Waals surface area contributed by atoms with Gasteiger partial charge >= 0.3 is 24.2 Å². The van der Waals surface area contributed by atoms with Gasteiger partial charge in [0.05, 0.1) is 7.11 Å². The largest absolute Gasteiger partial charge is 0.469 e. The van der Waals surface area contributed by atoms with Gasteiger partial charge in [0.2, 0.25) is 11.8 Å². The fourth-order valence-corrected chi connectivity index (χ4v) is 5.60. The zero-order valence-corrected chi connectivity index (χ0v) is 33.2. The maximum atomic E-state index is 13.8. The number of alkyl carbamates (subject to hydrolysis) is 3. The Morgan fingerprint density at radius 2 is 0.879 bits per heavy atom. The van der Waals surface area contributed by atoms with E-state index in [1.807, 2.05) is 78.9 Å². The number of benzene rings is 3. The van der Waals surface area contributed by atoms with Gasteiger partial charge in [0.25, 0.3) is 0 Å². The Hall–Kier alpha value is -6.12. The lowest BCUT2D eigenvalue weighted by Gasteiger charge is -2.23. The lowest BCUT2D eigenvalue weighted by Crippen LogP contribution is -2.54. The lowest BCUT2D eigenvalue weighted by atomic mass is 10.1. The number of hydrogen-bond donors (Lipinski definition) is 5. The molecule has 15 heteroatoms. The SMILES string of the molecule is COC(=O)CCCCCNC(=O)[C@H](CCCCNC(=O)OCc1ccccc1)NC(=O)[C@H](CCCCNC(=O)OCc1ccccc1)NC(=O)OCc1ccccc1. The highest BCUT2D eigenvalue weighted by Crippen LogP contribution is 2.09. The summed E-state index contributed by atoms with van der Waals surface area (Å²) >= 11 is 0. The number of unbranched alkanes of at least 4 members (excludes halogenated alkanes) is 4. The van der Waals surface area contributed by atoms with Crippen LogP contribution in [0.15, 0.2) is 91.0 Å². The topological polar surface area (TPSA) is 199 Å². The quantitative estimate of drug-likeness (QED) is 0.0375. The summed E-state index contributed by atoms with van der Waals surface area (Å²) in [6.07, 6.45) is 2.59. The third-order valence-corrected chi connectivity index (χ3v) is 8.84. The summed E-state index contributed by atoms with van der Waals surface area (Å²) in [5.74, 6) is -1.27. The number of ether oxygens (including phenoxy) is 4. The van der Waals surface area contributed by atoms with Crippen molar-refractivity contribution in [2.24, 2.45) is 0 Å². The molecule has 58 heavy (non-hydrogen) atoms. The van der Waals surface area contributed by atoms with E-state index in [0.717, 1.165) is 16.7 Å². The van der Waals surface area contributed by atoms with Crippen LogP contribution >= 0.6 is 0 Å². The van der Waals surface area contributed by atoms with Crippen molar-refractivity contribution in [2.75, 3.05) is 26.7 Å². The molecule has 0 aliphatic rings. The molecule has 314 valence electrons. The van der Waals surface area contributed by atoms with Crippen LogP contribution in [-0.2, 0) is 53.2 Å². The molecule has 15 nitrogen and oxygen atoms in total. The maximum Gasteiger partial charge on any atom is 0.408 e. The maximum absolute atomic E-state index is 13.8. The van der Waals surface area contributed by atoms with E-state index in [2.05, 4.69) is 31.3 Å². The van der Waals surface area contributed by atoms with Crippen molar-refractivity contribution in [1.82, 2.24) is 26.6 Å². The van der Waals surface area contributed by atoms with E-state index in [1.54, 1.807) is 12.1 Å². The van der Waals surface area contributed by atoms with Crippen molar-refractivity contribution in [3.05, 3.63) is 108 Å². The summed E-state index contributed by atoms with van der Waals surface area (Å²) in [6, 6.07) is 25.7. The van der Waals surface area contributed by atoms with Crippen LogP contribution in [0.3, 0.4) is 0 Å². The van der Waals surface area contributed by atoms with Crippen LogP contribution in [0, 0.1) is 0 Å². The Labute approximate surface area is 340 Å². The molecular weight excluding hydrogens is 746 g/mol. The number of nitrogens with one attached hydrogen (secondary N) is 5. The molecule has 0 spiro atoms. The molecule has 2 atom stereocenters. The summed E-state index contributed by atoms with van der Waals surface area (Å²) < 4.78 is 20.6. The Balaban J connectivity index is 1.55. The zero-order chi connectivity index (χ0) is 41.6. The third-order valence-electron chi connectivity index (χ3n) is 8.84. The molecule has 3 aromatic rings. The number of methoxy groups -OCH3 is 1. The number of hydrogen-bond acceptors (Lipinski definition) is 10. The first kappa shape index (κ1) is 46.3. The van der Waals surface area contributed by atoms with Gasteiger partial charge in [-0.15, -0.1) is 0 Å². The summed E-state index contributed by atoms with van der Waals surface area (Å²) in [5, 5.41) is 13.7. The number of esters is 1. The second kappa shape index (κ2) is 28.3. The average Bonchev–Trinajstić information content (AvgIpc) is 3.25. The van der Waals surface area contributed by atoms with Crippen molar-refractivity contribution in [2.45, 2.75) is 96.1 Å². The molecule has 0 aromatic heterocycles. The molecule has 0 heterocycles. The van der Waals surface area contributed by atoms with Crippen molar-refractivity contribution >= 4 is 36.1 Å². The molecule has 0 saturated heterocycles. The van der Waals surface area contributed by atoms with Crippen LogP contribution < -0.4 is 26.6 Å². The monoisotopic (exact) mass is 803 g/mol. The van der Waals surface area contributed by atoms with Gasteiger partial charge in [0.15, 0.2) is 0 Å². The molecule has 0 bridgehead atoms. The van der Waals surface area contributed by atoms with E-state index in [4.69, 9.17) is 14.2 Å². The number of carbonyl (C=O) groups excluding carboxylic acids is 6. The summed E-state index contributed by atoms with van der Waals surface area (Å²) in [5.41, 5.74) is 2.49. The minimum Gasteiger partial charge on any atom is -0.469 e. The lowest BCUT2D eigenvalue weighted by molar-refractivity contribution is -0.140. The van der Waals surface area contributed by atoms with Gasteiger partial charge in [0, 0.05) is 26.1 Å². The summed E-state index contributed by atoms with van der Waals surface area (Å²) in [4.78, 5) is 75.9. The second-order valence-corrected chi connectivity index (χ2v) is 13.5. The summed E-state index contributed by atoms with van der Waals surface area (Å²) in [6.45, 7) is 1.16. The molecule has 0 fully saturated rings. The normalized spacial score (nSPS) is 11.5. The van der Waals surface area contributed by atoms with Gasteiger partial charge in [-0.3, -0.25) is 14.4 Å². The Bertz CT molecular complexity index is 1660. The standard InChI is InChI=1S/C43H57N5O10/c1-55-38(49)26-12-5-15-27-44-39(50)36(24-13-16-28-45-41(52)56-30-33-18-6-2-7-19-33)47-40(51)37(48-43(54)58-32-35-22-10-4-11-23-35)25-14-17-29-46-42(53)57-31-34-20-8-3-9-21-34/h2-4,6-11,18-23,36-37H,5,12-17,24-32H2,1H3,(H,44,50)(H,45,52)(H,46,53)(H,47,51)(H,48,54)/t36-,37-/m0/s1. The molecule has 3 rings (SSSR count). The minimum absolute atomic E-state index is 0.00544. The van der Waals surface area contributed by atoms with E-state index in [9.17, 15) is 28.8 Å². The third kappa shape index (κ3) is 20.7. The molecule has 0 aliphatic carbocycles. The number of carbonyl (C=O) groups is 6. The second-order valence-electron chi connectivity index (χ2n) is 13.5. The molecule has 0 unspecified atom stereocenters. The van der Waals surface area contributed by atoms with E-state index in [1.165, 1.54) is 7.11 Å². The first-order valence-corrected chi connectivity index (χ1v) is 19.7. The van der Waals surface area contributed by atoms with E-state index >= 15 is 0 Å². The highest BCUT2D eigenvalue weighted by atomic mass is 16.6. The Morgan fingerprint density at radius 3 is 1.34 bits per heavy atom. The fourth-order valence-electron chi connectivity index (χ4n) is 5.60. The number of amides is 5.